The first-order valence-electron chi connectivity index (χ1n) is 5.85. The summed E-state index contributed by atoms with van der Waals surface area (Å²) in [6.45, 7) is 5.18. The zero-order valence-electron chi connectivity index (χ0n) is 9.89. The smallest absolute Gasteiger partial charge is 0.144 e. The summed E-state index contributed by atoms with van der Waals surface area (Å²) in [5.74, 6) is -0.268. The van der Waals surface area contributed by atoms with Gasteiger partial charge in [0.15, 0.2) is 0 Å². The fraction of sp³-hybridized carbons (Fsp3) is 0.538. The number of aryl methyl sites for hydroxylation is 1. The second-order valence-electron chi connectivity index (χ2n) is 3.91. The minimum absolute atomic E-state index is 0.217. The van der Waals surface area contributed by atoms with Crippen LogP contribution in [0.4, 0.5) is 4.39 Å². The molecule has 1 aromatic carbocycles. The van der Waals surface area contributed by atoms with E-state index >= 15 is 0 Å². The summed E-state index contributed by atoms with van der Waals surface area (Å²) in [6, 6.07) is 5.65. The summed E-state index contributed by atoms with van der Waals surface area (Å²) in [5, 5.41) is 3.60. The van der Waals surface area contributed by atoms with Gasteiger partial charge in [-0.3, -0.25) is 0 Å². The molecule has 1 nitrogen and oxygen atoms in total. The maximum absolute atomic E-state index is 13.6. The van der Waals surface area contributed by atoms with Crippen molar-refractivity contribution in [3.8, 4) is 0 Å². The molecule has 0 heterocycles. The Hall–Kier alpha value is -0.600. The van der Waals surface area contributed by atoms with Crippen molar-refractivity contribution in [3.05, 3.63) is 34.6 Å². The number of benzene rings is 1. The van der Waals surface area contributed by atoms with E-state index in [1.165, 1.54) is 0 Å². The molecule has 1 unspecified atom stereocenters. The normalized spacial score (nSPS) is 12.8. The highest BCUT2D eigenvalue weighted by atomic mass is 35.5. The van der Waals surface area contributed by atoms with Crippen molar-refractivity contribution in [1.29, 1.82) is 0 Å². The van der Waals surface area contributed by atoms with Crippen molar-refractivity contribution in [1.82, 2.24) is 5.32 Å². The molecule has 0 bridgehead atoms. The standard InChI is InChI=1S/C13H19ClFN/c1-3-11(16-4-2)9-8-10-6-5-7-12(14)13(10)15/h5-7,11,16H,3-4,8-9H2,1-2H3. The highest BCUT2D eigenvalue weighted by Gasteiger charge is 2.09. The molecule has 1 atom stereocenters. The van der Waals surface area contributed by atoms with E-state index in [4.69, 9.17) is 11.6 Å². The summed E-state index contributed by atoms with van der Waals surface area (Å²) in [4.78, 5) is 0. The molecule has 0 aromatic heterocycles. The molecular formula is C13H19ClFN. The van der Waals surface area contributed by atoms with Gasteiger partial charge in [-0.15, -0.1) is 0 Å². The van der Waals surface area contributed by atoms with Gasteiger partial charge in [0.2, 0.25) is 0 Å². The average molecular weight is 244 g/mol. The van der Waals surface area contributed by atoms with Crippen molar-refractivity contribution < 1.29 is 4.39 Å². The quantitative estimate of drug-likeness (QED) is 0.802. The molecule has 0 aliphatic carbocycles. The van der Waals surface area contributed by atoms with Gasteiger partial charge in [-0.05, 0) is 37.4 Å². The second kappa shape index (κ2) is 6.87. The Labute approximate surface area is 102 Å². The molecule has 16 heavy (non-hydrogen) atoms. The molecule has 1 rings (SSSR count). The second-order valence-corrected chi connectivity index (χ2v) is 4.32. The molecular weight excluding hydrogens is 225 g/mol. The Kier molecular flexibility index (Phi) is 5.78. The Morgan fingerprint density at radius 1 is 1.38 bits per heavy atom. The van der Waals surface area contributed by atoms with E-state index in [2.05, 4.69) is 19.2 Å². The van der Waals surface area contributed by atoms with Gasteiger partial charge in [0, 0.05) is 6.04 Å². The lowest BCUT2D eigenvalue weighted by atomic mass is 10.0. The minimum atomic E-state index is -0.268. The average Bonchev–Trinajstić information content (AvgIpc) is 2.29. The van der Waals surface area contributed by atoms with Gasteiger partial charge < -0.3 is 5.32 Å². The van der Waals surface area contributed by atoms with Gasteiger partial charge in [-0.25, -0.2) is 4.39 Å². The van der Waals surface area contributed by atoms with E-state index in [0.717, 1.165) is 25.8 Å². The molecule has 0 amide bonds. The van der Waals surface area contributed by atoms with Gasteiger partial charge >= 0.3 is 0 Å². The third-order valence-electron chi connectivity index (χ3n) is 2.78. The lowest BCUT2D eigenvalue weighted by Crippen LogP contribution is -2.28. The van der Waals surface area contributed by atoms with Crippen LogP contribution in [0.25, 0.3) is 0 Å². The van der Waals surface area contributed by atoms with Crippen molar-refractivity contribution >= 4 is 11.6 Å². The third-order valence-corrected chi connectivity index (χ3v) is 3.07. The van der Waals surface area contributed by atoms with Crippen LogP contribution in [0, 0.1) is 5.82 Å². The SMILES string of the molecule is CCNC(CC)CCc1cccc(Cl)c1F. The monoisotopic (exact) mass is 243 g/mol. The first-order chi connectivity index (χ1) is 7.69. The number of hydrogen-bond donors (Lipinski definition) is 1. The van der Waals surface area contributed by atoms with Crippen LogP contribution >= 0.6 is 11.6 Å². The lowest BCUT2D eigenvalue weighted by Gasteiger charge is -2.15. The van der Waals surface area contributed by atoms with Gasteiger partial charge in [0.05, 0.1) is 5.02 Å². The van der Waals surface area contributed by atoms with E-state index in [1.807, 2.05) is 0 Å². The fourth-order valence-corrected chi connectivity index (χ4v) is 2.00. The van der Waals surface area contributed by atoms with Crippen LogP contribution in [-0.4, -0.2) is 12.6 Å². The van der Waals surface area contributed by atoms with E-state index in [0.29, 0.717) is 11.6 Å². The Morgan fingerprint density at radius 2 is 2.12 bits per heavy atom. The van der Waals surface area contributed by atoms with E-state index < -0.39 is 0 Å². The topological polar surface area (TPSA) is 12.0 Å². The molecule has 0 radical (unpaired) electrons. The molecule has 0 saturated heterocycles. The van der Waals surface area contributed by atoms with Crippen LogP contribution < -0.4 is 5.32 Å². The minimum Gasteiger partial charge on any atom is -0.314 e. The van der Waals surface area contributed by atoms with E-state index in [-0.39, 0.29) is 10.8 Å². The van der Waals surface area contributed by atoms with Crippen molar-refractivity contribution in [2.45, 2.75) is 39.2 Å². The number of hydrogen-bond acceptors (Lipinski definition) is 1. The highest BCUT2D eigenvalue weighted by Crippen LogP contribution is 2.19. The molecule has 1 N–H and O–H groups in total. The molecule has 1 aromatic rings. The van der Waals surface area contributed by atoms with Gasteiger partial charge in [-0.1, -0.05) is 37.6 Å². The van der Waals surface area contributed by atoms with Crippen LogP contribution in [0.3, 0.4) is 0 Å². The lowest BCUT2D eigenvalue weighted by molar-refractivity contribution is 0.475. The van der Waals surface area contributed by atoms with Crippen LogP contribution in [0.15, 0.2) is 18.2 Å². The number of rotatable bonds is 6. The van der Waals surface area contributed by atoms with E-state index in [1.54, 1.807) is 18.2 Å². The Balaban J connectivity index is 2.56. The van der Waals surface area contributed by atoms with Crippen LogP contribution in [0.1, 0.15) is 32.3 Å². The zero-order chi connectivity index (χ0) is 12.0. The summed E-state index contributed by atoms with van der Waals surface area (Å²) in [7, 11) is 0. The number of nitrogens with one attached hydrogen (secondary N) is 1. The van der Waals surface area contributed by atoms with Crippen LogP contribution in [0.5, 0.6) is 0 Å². The van der Waals surface area contributed by atoms with Gasteiger partial charge in [0.1, 0.15) is 5.82 Å². The summed E-state index contributed by atoms with van der Waals surface area (Å²) in [5.41, 5.74) is 0.712. The molecule has 3 heteroatoms. The van der Waals surface area contributed by atoms with Crippen molar-refractivity contribution in [3.63, 3.8) is 0 Å². The zero-order valence-corrected chi connectivity index (χ0v) is 10.6. The highest BCUT2D eigenvalue weighted by molar-refractivity contribution is 6.30. The van der Waals surface area contributed by atoms with Crippen LogP contribution in [-0.2, 0) is 6.42 Å². The Bertz CT molecular complexity index is 328. The third kappa shape index (κ3) is 3.76. The van der Waals surface area contributed by atoms with E-state index in [9.17, 15) is 4.39 Å². The van der Waals surface area contributed by atoms with Gasteiger partial charge in [-0.2, -0.15) is 0 Å². The van der Waals surface area contributed by atoms with Crippen molar-refractivity contribution in [2.24, 2.45) is 0 Å². The molecule has 0 spiro atoms. The Morgan fingerprint density at radius 3 is 2.75 bits per heavy atom. The fourth-order valence-electron chi connectivity index (χ4n) is 1.81. The molecule has 90 valence electrons. The molecule has 0 aliphatic rings. The molecule has 0 fully saturated rings. The first kappa shape index (κ1) is 13.5. The van der Waals surface area contributed by atoms with Crippen molar-refractivity contribution in [2.75, 3.05) is 6.54 Å². The largest absolute Gasteiger partial charge is 0.314 e. The summed E-state index contributed by atoms with van der Waals surface area (Å²) in [6.07, 6.45) is 2.75. The summed E-state index contributed by atoms with van der Waals surface area (Å²) < 4.78 is 13.6. The van der Waals surface area contributed by atoms with Crippen LogP contribution in [0.2, 0.25) is 5.02 Å². The molecule has 0 saturated carbocycles. The maximum atomic E-state index is 13.6. The predicted molar refractivity (Wildman–Crippen MR) is 67.5 cm³/mol. The maximum Gasteiger partial charge on any atom is 0.144 e. The number of halogens is 2. The predicted octanol–water partition coefficient (Wildman–Crippen LogP) is 3.80. The molecule has 0 aliphatic heterocycles. The van der Waals surface area contributed by atoms with Gasteiger partial charge in [0.25, 0.3) is 0 Å². The summed E-state index contributed by atoms with van der Waals surface area (Å²) >= 11 is 5.73. The first-order valence-corrected chi connectivity index (χ1v) is 6.23.